The van der Waals surface area contributed by atoms with Gasteiger partial charge in [0.2, 0.25) is 5.91 Å². The molecule has 4 atom stereocenters. The Kier molecular flexibility index (Phi) is 5.37. The zero-order chi connectivity index (χ0) is 15.4. The highest BCUT2D eigenvalue weighted by molar-refractivity contribution is 5.85. The van der Waals surface area contributed by atoms with Crippen LogP contribution in [0.5, 0.6) is 0 Å². The van der Waals surface area contributed by atoms with E-state index in [4.69, 9.17) is 4.74 Å². The third-order valence-electron chi connectivity index (χ3n) is 4.38. The number of methoxy groups -OCH3 is 1. The van der Waals surface area contributed by atoms with Crippen molar-refractivity contribution in [2.24, 2.45) is 5.92 Å². The van der Waals surface area contributed by atoms with Crippen LogP contribution in [0.2, 0.25) is 0 Å². The van der Waals surface area contributed by atoms with Crippen molar-refractivity contribution >= 4 is 5.91 Å². The average molecular weight is 290 g/mol. The molecule has 0 aliphatic carbocycles. The van der Waals surface area contributed by atoms with Gasteiger partial charge in [-0.1, -0.05) is 50.6 Å². The van der Waals surface area contributed by atoms with Gasteiger partial charge in [0.05, 0.1) is 12.1 Å². The van der Waals surface area contributed by atoms with E-state index < -0.39 is 0 Å². The minimum Gasteiger partial charge on any atom is -0.380 e. The molecule has 0 spiro atoms. The summed E-state index contributed by atoms with van der Waals surface area (Å²) in [6, 6.07) is 10.0. The normalized spacial score (nSPS) is 25.1. The molecule has 0 saturated carbocycles. The van der Waals surface area contributed by atoms with Gasteiger partial charge in [-0.3, -0.25) is 10.1 Å². The molecule has 1 fully saturated rings. The lowest BCUT2D eigenvalue weighted by Crippen LogP contribution is -2.38. The van der Waals surface area contributed by atoms with Gasteiger partial charge in [-0.15, -0.1) is 0 Å². The molecule has 2 rings (SSSR count). The number of benzene rings is 1. The Balaban J connectivity index is 2.25. The number of nitrogens with zero attached hydrogens (tertiary/aromatic N) is 1. The number of carbonyl (C=O) groups is 1. The highest BCUT2D eigenvalue weighted by Gasteiger charge is 2.41. The Hall–Kier alpha value is -1.39. The summed E-state index contributed by atoms with van der Waals surface area (Å²) in [6.45, 7) is 6.85. The molecule has 0 aromatic heterocycles. The first-order valence-corrected chi connectivity index (χ1v) is 7.72. The fraction of sp³-hybridized carbons (Fsp3) is 0.588. The number of hydrogen-bond acceptors (Lipinski definition) is 3. The Morgan fingerprint density at radius 1 is 1.29 bits per heavy atom. The summed E-state index contributed by atoms with van der Waals surface area (Å²) in [5.74, 6) is 0.508. The molecule has 1 amide bonds. The van der Waals surface area contributed by atoms with Gasteiger partial charge in [0.1, 0.15) is 6.17 Å². The van der Waals surface area contributed by atoms with Gasteiger partial charge in [0.25, 0.3) is 0 Å². The van der Waals surface area contributed by atoms with Crippen LogP contribution in [0.1, 0.15) is 38.9 Å². The maximum absolute atomic E-state index is 12.7. The second kappa shape index (κ2) is 7.05. The number of rotatable bonds is 6. The summed E-state index contributed by atoms with van der Waals surface area (Å²) in [5, 5.41) is 3.51. The van der Waals surface area contributed by atoms with Crippen LogP contribution in [0.4, 0.5) is 0 Å². The smallest absolute Gasteiger partial charge is 0.241 e. The summed E-state index contributed by atoms with van der Waals surface area (Å²) in [4.78, 5) is 14.7. The molecule has 1 aliphatic heterocycles. The molecule has 1 heterocycles. The summed E-state index contributed by atoms with van der Waals surface area (Å²) >= 11 is 0. The van der Waals surface area contributed by atoms with Crippen molar-refractivity contribution in [2.75, 3.05) is 13.7 Å². The Morgan fingerprint density at radius 3 is 2.52 bits per heavy atom. The van der Waals surface area contributed by atoms with Crippen LogP contribution in [-0.4, -0.2) is 36.6 Å². The first-order chi connectivity index (χ1) is 10.1. The van der Waals surface area contributed by atoms with Gasteiger partial charge < -0.3 is 9.64 Å². The number of hydrogen-bond donors (Lipinski definition) is 1. The van der Waals surface area contributed by atoms with Crippen molar-refractivity contribution in [1.82, 2.24) is 10.2 Å². The van der Waals surface area contributed by atoms with Gasteiger partial charge in [-0.25, -0.2) is 0 Å². The van der Waals surface area contributed by atoms with Gasteiger partial charge in [0, 0.05) is 13.7 Å². The lowest BCUT2D eigenvalue weighted by Gasteiger charge is -2.26. The van der Waals surface area contributed by atoms with Crippen molar-refractivity contribution < 1.29 is 9.53 Å². The van der Waals surface area contributed by atoms with Gasteiger partial charge in [-0.05, 0) is 18.4 Å². The molecule has 21 heavy (non-hydrogen) atoms. The minimum absolute atomic E-state index is 0.0256. The van der Waals surface area contributed by atoms with E-state index in [9.17, 15) is 4.79 Å². The summed E-state index contributed by atoms with van der Waals surface area (Å²) in [5.41, 5.74) is 1.12. The number of nitrogens with one attached hydrogen (secondary N) is 1. The standard InChI is InChI=1S/C17H26N2O2/c1-5-12(2)15-17(20)19(11-13(3)21-4)16(18-15)14-9-7-6-8-10-14/h6-10,12-13,15-16,18H,5,11H2,1-4H3. The van der Waals surface area contributed by atoms with E-state index in [0.29, 0.717) is 12.5 Å². The Labute approximate surface area is 127 Å². The predicted octanol–water partition coefficient (Wildman–Crippen LogP) is 2.57. The molecule has 116 valence electrons. The van der Waals surface area contributed by atoms with Crippen molar-refractivity contribution in [3.63, 3.8) is 0 Å². The second-order valence-electron chi connectivity index (χ2n) is 5.88. The molecule has 4 nitrogen and oxygen atoms in total. The van der Waals surface area contributed by atoms with Crippen molar-refractivity contribution in [1.29, 1.82) is 0 Å². The quantitative estimate of drug-likeness (QED) is 0.875. The maximum atomic E-state index is 12.7. The van der Waals surface area contributed by atoms with E-state index in [0.717, 1.165) is 12.0 Å². The maximum Gasteiger partial charge on any atom is 0.241 e. The summed E-state index contributed by atoms with van der Waals surface area (Å²) in [6.07, 6.45) is 0.950. The number of amides is 1. The van der Waals surface area contributed by atoms with Crippen LogP contribution in [-0.2, 0) is 9.53 Å². The lowest BCUT2D eigenvalue weighted by atomic mass is 9.99. The molecule has 1 aromatic rings. The Bertz CT molecular complexity index is 463. The third-order valence-corrected chi connectivity index (χ3v) is 4.38. The second-order valence-corrected chi connectivity index (χ2v) is 5.88. The molecule has 0 bridgehead atoms. The molecular weight excluding hydrogens is 264 g/mol. The molecular formula is C17H26N2O2. The Morgan fingerprint density at radius 2 is 1.95 bits per heavy atom. The topological polar surface area (TPSA) is 41.6 Å². The highest BCUT2D eigenvalue weighted by Crippen LogP contribution is 2.29. The fourth-order valence-electron chi connectivity index (χ4n) is 2.74. The molecule has 1 saturated heterocycles. The van der Waals surface area contributed by atoms with E-state index in [2.05, 4.69) is 31.3 Å². The largest absolute Gasteiger partial charge is 0.380 e. The molecule has 1 aliphatic rings. The molecule has 4 unspecified atom stereocenters. The van der Waals surface area contributed by atoms with Crippen LogP contribution in [0.3, 0.4) is 0 Å². The number of ether oxygens (including phenoxy) is 1. The predicted molar refractivity (Wildman–Crippen MR) is 83.7 cm³/mol. The van der Waals surface area contributed by atoms with Crippen LogP contribution < -0.4 is 5.32 Å². The number of carbonyl (C=O) groups excluding carboxylic acids is 1. The average Bonchev–Trinajstić information content (AvgIpc) is 2.84. The van der Waals surface area contributed by atoms with E-state index in [1.54, 1.807) is 7.11 Å². The summed E-state index contributed by atoms with van der Waals surface area (Å²) < 4.78 is 5.35. The first-order valence-electron chi connectivity index (χ1n) is 7.72. The van der Waals surface area contributed by atoms with Gasteiger partial charge in [-0.2, -0.15) is 0 Å². The van der Waals surface area contributed by atoms with Crippen LogP contribution in [0.15, 0.2) is 30.3 Å². The van der Waals surface area contributed by atoms with Gasteiger partial charge >= 0.3 is 0 Å². The van der Waals surface area contributed by atoms with E-state index in [1.807, 2.05) is 30.0 Å². The first kappa shape index (κ1) is 16.0. The molecule has 0 radical (unpaired) electrons. The lowest BCUT2D eigenvalue weighted by molar-refractivity contribution is -0.132. The van der Waals surface area contributed by atoms with Crippen LogP contribution >= 0.6 is 0 Å². The van der Waals surface area contributed by atoms with Crippen molar-refractivity contribution in [3.8, 4) is 0 Å². The van der Waals surface area contributed by atoms with Gasteiger partial charge in [0.15, 0.2) is 0 Å². The van der Waals surface area contributed by atoms with Crippen LogP contribution in [0.25, 0.3) is 0 Å². The summed E-state index contributed by atoms with van der Waals surface area (Å²) in [7, 11) is 1.68. The van der Waals surface area contributed by atoms with E-state index in [1.165, 1.54) is 0 Å². The van der Waals surface area contributed by atoms with Crippen LogP contribution in [0, 0.1) is 5.92 Å². The van der Waals surface area contributed by atoms with Crippen molar-refractivity contribution in [2.45, 2.75) is 45.5 Å². The molecule has 1 N–H and O–H groups in total. The zero-order valence-electron chi connectivity index (χ0n) is 13.4. The SMILES string of the molecule is CCC(C)C1NC(c2ccccc2)N(CC(C)OC)C1=O. The van der Waals surface area contributed by atoms with E-state index in [-0.39, 0.29) is 24.2 Å². The zero-order valence-corrected chi connectivity index (χ0v) is 13.4. The minimum atomic E-state index is -0.107. The third kappa shape index (κ3) is 3.44. The molecule has 4 heteroatoms. The van der Waals surface area contributed by atoms with Crippen molar-refractivity contribution in [3.05, 3.63) is 35.9 Å². The molecule has 1 aromatic carbocycles. The van der Waals surface area contributed by atoms with E-state index >= 15 is 0 Å². The highest BCUT2D eigenvalue weighted by atomic mass is 16.5. The fourth-order valence-corrected chi connectivity index (χ4v) is 2.74. The monoisotopic (exact) mass is 290 g/mol.